The number of aromatic nitrogens is 2. The van der Waals surface area contributed by atoms with Crippen LogP contribution in [0.25, 0.3) is 0 Å². The van der Waals surface area contributed by atoms with Gasteiger partial charge in [-0.1, -0.05) is 12.1 Å². The minimum Gasteiger partial charge on any atom is -0.374 e. The lowest BCUT2D eigenvalue weighted by Gasteiger charge is -2.13. The Bertz CT molecular complexity index is 407. The first-order chi connectivity index (χ1) is 8.78. The summed E-state index contributed by atoms with van der Waals surface area (Å²) < 4.78 is 11.2. The van der Waals surface area contributed by atoms with Crippen LogP contribution in [-0.4, -0.2) is 28.9 Å². The molecule has 0 aromatic carbocycles. The van der Waals surface area contributed by atoms with E-state index in [-0.39, 0.29) is 0 Å². The van der Waals surface area contributed by atoms with Gasteiger partial charge in [-0.25, -0.2) is 0 Å². The summed E-state index contributed by atoms with van der Waals surface area (Å²) in [5.74, 6) is 2.25. The molecule has 2 aliphatic heterocycles. The molecule has 1 aromatic heterocycles. The van der Waals surface area contributed by atoms with Crippen LogP contribution in [0.3, 0.4) is 0 Å². The van der Waals surface area contributed by atoms with Crippen LogP contribution in [-0.2, 0) is 4.74 Å². The highest BCUT2D eigenvalue weighted by Gasteiger charge is 2.43. The van der Waals surface area contributed by atoms with Crippen molar-refractivity contribution in [2.45, 2.75) is 63.1 Å². The molecule has 2 fully saturated rings. The molecule has 3 rings (SSSR count). The first kappa shape index (κ1) is 12.1. The zero-order valence-corrected chi connectivity index (χ0v) is 10.8. The van der Waals surface area contributed by atoms with Gasteiger partial charge in [0.15, 0.2) is 5.82 Å². The lowest BCUT2D eigenvalue weighted by molar-refractivity contribution is 0.0996. The van der Waals surface area contributed by atoms with Crippen molar-refractivity contribution in [3.63, 3.8) is 0 Å². The number of nitrogens with two attached hydrogens (primary N) is 1. The van der Waals surface area contributed by atoms with Gasteiger partial charge in [-0.2, -0.15) is 4.98 Å². The molecule has 18 heavy (non-hydrogen) atoms. The van der Waals surface area contributed by atoms with E-state index >= 15 is 0 Å². The summed E-state index contributed by atoms with van der Waals surface area (Å²) in [6.07, 6.45) is 6.14. The summed E-state index contributed by atoms with van der Waals surface area (Å²) in [6, 6.07) is 0. The van der Waals surface area contributed by atoms with Crippen LogP contribution in [0.5, 0.6) is 0 Å². The predicted molar refractivity (Wildman–Crippen MR) is 66.3 cm³/mol. The Hall–Kier alpha value is -0.940. The zero-order valence-electron chi connectivity index (χ0n) is 10.8. The van der Waals surface area contributed by atoms with E-state index in [1.165, 1.54) is 6.42 Å². The Labute approximate surface area is 107 Å². The molecule has 0 aliphatic carbocycles. The zero-order chi connectivity index (χ0) is 12.5. The van der Waals surface area contributed by atoms with Crippen LogP contribution in [0.15, 0.2) is 4.52 Å². The van der Waals surface area contributed by atoms with Crippen molar-refractivity contribution in [3.8, 4) is 0 Å². The second-order valence-corrected chi connectivity index (χ2v) is 5.54. The second-order valence-electron chi connectivity index (χ2n) is 5.54. The van der Waals surface area contributed by atoms with Gasteiger partial charge in [0.2, 0.25) is 5.89 Å². The minimum absolute atomic E-state index is 0.300. The van der Waals surface area contributed by atoms with Crippen molar-refractivity contribution in [2.24, 2.45) is 5.73 Å². The summed E-state index contributed by atoms with van der Waals surface area (Å²) in [6.45, 7) is 2.83. The van der Waals surface area contributed by atoms with E-state index in [1.807, 2.05) is 0 Å². The summed E-state index contributed by atoms with van der Waals surface area (Å²) >= 11 is 0. The number of hydrogen-bond donors (Lipinski definition) is 1. The average molecular weight is 251 g/mol. The molecule has 0 saturated carbocycles. The maximum absolute atomic E-state index is 5.84. The highest BCUT2D eigenvalue weighted by molar-refractivity contribution is 5.07. The van der Waals surface area contributed by atoms with Gasteiger partial charge < -0.3 is 15.0 Å². The molecule has 3 heterocycles. The Morgan fingerprint density at radius 2 is 2.33 bits per heavy atom. The molecule has 4 unspecified atom stereocenters. The third-order valence-electron chi connectivity index (χ3n) is 4.16. The largest absolute Gasteiger partial charge is 0.374 e. The molecule has 5 heteroatoms. The molecular weight excluding hydrogens is 230 g/mol. The molecule has 2 N–H and O–H groups in total. The van der Waals surface area contributed by atoms with Gasteiger partial charge in [0.05, 0.1) is 18.1 Å². The summed E-state index contributed by atoms with van der Waals surface area (Å²) in [5, 5.41) is 4.15. The molecule has 5 nitrogen and oxygen atoms in total. The first-order valence-electron chi connectivity index (χ1n) is 6.97. The van der Waals surface area contributed by atoms with Gasteiger partial charge in [0.25, 0.3) is 0 Å². The SMILES string of the molecule is CC(CCCN)c1nc(C2CC3CCC2O3)no1. The number of nitrogens with zero attached hydrogens (tertiary/aromatic N) is 2. The van der Waals surface area contributed by atoms with Gasteiger partial charge in [0, 0.05) is 5.92 Å². The normalized spacial score (nSPS) is 32.0. The third kappa shape index (κ3) is 2.17. The van der Waals surface area contributed by atoms with Gasteiger partial charge >= 0.3 is 0 Å². The van der Waals surface area contributed by atoms with Gasteiger partial charge in [-0.05, 0) is 38.6 Å². The van der Waals surface area contributed by atoms with Gasteiger partial charge in [-0.3, -0.25) is 0 Å². The number of rotatable bonds is 5. The summed E-state index contributed by atoms with van der Waals surface area (Å²) in [5.41, 5.74) is 5.52. The van der Waals surface area contributed by atoms with Crippen LogP contribution in [0.4, 0.5) is 0 Å². The first-order valence-corrected chi connectivity index (χ1v) is 6.97. The van der Waals surface area contributed by atoms with E-state index in [2.05, 4.69) is 17.1 Å². The van der Waals surface area contributed by atoms with Crippen LogP contribution >= 0.6 is 0 Å². The van der Waals surface area contributed by atoms with E-state index in [9.17, 15) is 0 Å². The maximum Gasteiger partial charge on any atom is 0.229 e. The second kappa shape index (κ2) is 4.97. The molecule has 1 aromatic rings. The highest BCUT2D eigenvalue weighted by atomic mass is 16.5. The third-order valence-corrected chi connectivity index (χ3v) is 4.16. The van der Waals surface area contributed by atoms with Crippen molar-refractivity contribution >= 4 is 0 Å². The van der Waals surface area contributed by atoms with Crippen molar-refractivity contribution in [1.29, 1.82) is 0 Å². The minimum atomic E-state index is 0.300. The molecule has 0 amide bonds. The van der Waals surface area contributed by atoms with Crippen molar-refractivity contribution in [1.82, 2.24) is 10.1 Å². The smallest absolute Gasteiger partial charge is 0.229 e. The van der Waals surface area contributed by atoms with Crippen LogP contribution in [0.1, 0.15) is 62.6 Å². The lowest BCUT2D eigenvalue weighted by atomic mass is 9.89. The van der Waals surface area contributed by atoms with Crippen molar-refractivity contribution in [2.75, 3.05) is 6.54 Å². The van der Waals surface area contributed by atoms with Crippen LogP contribution < -0.4 is 5.73 Å². The maximum atomic E-state index is 5.84. The molecule has 2 saturated heterocycles. The van der Waals surface area contributed by atoms with E-state index in [4.69, 9.17) is 15.0 Å². The van der Waals surface area contributed by atoms with Crippen LogP contribution in [0, 0.1) is 0 Å². The lowest BCUT2D eigenvalue weighted by Crippen LogP contribution is -2.15. The highest BCUT2D eigenvalue weighted by Crippen LogP contribution is 2.43. The van der Waals surface area contributed by atoms with Gasteiger partial charge in [0.1, 0.15) is 0 Å². The molecule has 0 spiro atoms. The number of hydrogen-bond acceptors (Lipinski definition) is 5. The van der Waals surface area contributed by atoms with Crippen molar-refractivity contribution < 1.29 is 9.26 Å². The average Bonchev–Trinajstić information content (AvgIpc) is 3.09. The van der Waals surface area contributed by atoms with Crippen molar-refractivity contribution in [3.05, 3.63) is 11.7 Å². The Morgan fingerprint density at radius 1 is 1.44 bits per heavy atom. The van der Waals surface area contributed by atoms with E-state index in [0.29, 0.717) is 30.6 Å². The molecule has 100 valence electrons. The Kier molecular flexibility index (Phi) is 3.35. The number of ether oxygens (including phenoxy) is 1. The van der Waals surface area contributed by atoms with Crippen LogP contribution in [0.2, 0.25) is 0 Å². The molecule has 2 bridgehead atoms. The van der Waals surface area contributed by atoms with E-state index < -0.39 is 0 Å². The fourth-order valence-corrected chi connectivity index (χ4v) is 3.06. The molecule has 0 radical (unpaired) electrons. The Balaban J connectivity index is 1.66. The topological polar surface area (TPSA) is 74.2 Å². The fraction of sp³-hybridized carbons (Fsp3) is 0.846. The van der Waals surface area contributed by atoms with E-state index in [0.717, 1.165) is 37.4 Å². The quantitative estimate of drug-likeness (QED) is 0.865. The van der Waals surface area contributed by atoms with E-state index in [1.54, 1.807) is 0 Å². The predicted octanol–water partition coefficient (Wildman–Crippen LogP) is 1.95. The number of fused-ring (bicyclic) bond motifs is 2. The van der Waals surface area contributed by atoms with Gasteiger partial charge in [-0.15, -0.1) is 0 Å². The molecule has 4 atom stereocenters. The molecule has 2 aliphatic rings. The summed E-state index contributed by atoms with van der Waals surface area (Å²) in [4.78, 5) is 4.57. The molecular formula is C13H21N3O2. The summed E-state index contributed by atoms with van der Waals surface area (Å²) in [7, 11) is 0. The standard InChI is InChI=1S/C13H21N3O2/c1-8(3-2-6-14)13-15-12(16-18-13)10-7-9-4-5-11(10)17-9/h8-11H,2-7,14H2,1H3. The fourth-order valence-electron chi connectivity index (χ4n) is 3.06. The monoisotopic (exact) mass is 251 g/mol. The Morgan fingerprint density at radius 3 is 3.00 bits per heavy atom.